The van der Waals surface area contributed by atoms with Gasteiger partial charge in [0.2, 0.25) is 0 Å². The molecule has 0 bridgehead atoms. The molecule has 5 nitrogen and oxygen atoms in total. The fraction of sp³-hybridized carbons (Fsp3) is 0.500. The quantitative estimate of drug-likeness (QED) is 0.838. The van der Waals surface area contributed by atoms with Crippen LogP contribution in [-0.2, 0) is 0 Å². The Labute approximate surface area is 125 Å². The highest BCUT2D eigenvalue weighted by Gasteiger charge is 2.42. The summed E-state index contributed by atoms with van der Waals surface area (Å²) in [6.07, 6.45) is -3.80. The zero-order chi connectivity index (χ0) is 16.5. The Morgan fingerprint density at radius 2 is 2.14 bits per heavy atom. The van der Waals surface area contributed by atoms with Crippen LogP contribution in [0.2, 0.25) is 0 Å². The molecule has 3 N–H and O–H groups in total. The van der Waals surface area contributed by atoms with Crippen LogP contribution in [-0.4, -0.2) is 37.5 Å². The smallest absolute Gasteiger partial charge is 0.393 e. The summed E-state index contributed by atoms with van der Waals surface area (Å²) < 4.78 is 43.9. The second kappa shape index (κ2) is 5.94. The Balaban J connectivity index is 2.37. The predicted octanol–water partition coefficient (Wildman–Crippen LogP) is 2.75. The average molecular weight is 318 g/mol. The Kier molecular flexibility index (Phi) is 4.39. The largest absolute Gasteiger partial charge is 0.494 e. The summed E-state index contributed by atoms with van der Waals surface area (Å²) in [6, 6.07) is 2.50. The van der Waals surface area contributed by atoms with E-state index in [1.165, 1.54) is 24.1 Å². The molecule has 0 aromatic heterocycles. The zero-order valence-corrected chi connectivity index (χ0v) is 12.0. The number of hydrogen-bond donors (Lipinski definition) is 2. The lowest BCUT2D eigenvalue weighted by molar-refractivity contribution is -0.176. The molecule has 1 aliphatic rings. The van der Waals surface area contributed by atoms with Crippen LogP contribution in [0.15, 0.2) is 12.1 Å². The fourth-order valence-electron chi connectivity index (χ4n) is 2.69. The van der Waals surface area contributed by atoms with E-state index in [2.05, 4.69) is 0 Å². The van der Waals surface area contributed by atoms with Crippen molar-refractivity contribution < 1.29 is 27.8 Å². The number of aromatic carboxylic acids is 1. The molecule has 0 aliphatic carbocycles. The van der Waals surface area contributed by atoms with E-state index in [4.69, 9.17) is 15.6 Å². The van der Waals surface area contributed by atoms with Crippen molar-refractivity contribution in [1.29, 1.82) is 0 Å². The van der Waals surface area contributed by atoms with Gasteiger partial charge in [-0.3, -0.25) is 0 Å². The number of anilines is 2. The molecule has 8 heteroatoms. The molecule has 1 aromatic rings. The Morgan fingerprint density at radius 3 is 2.68 bits per heavy atom. The number of nitrogen functional groups attached to an aromatic ring is 1. The number of carboxylic acids is 1. The maximum absolute atomic E-state index is 12.9. The number of nitrogens with two attached hydrogens (primary N) is 1. The third kappa shape index (κ3) is 3.20. The van der Waals surface area contributed by atoms with Gasteiger partial charge < -0.3 is 20.5 Å². The number of methoxy groups -OCH3 is 1. The SMILES string of the molecule is COc1cc(C(=O)O)cc(N)c1N1CCCC(C(F)(F)F)C1. The zero-order valence-electron chi connectivity index (χ0n) is 12.0. The number of halogens is 3. The fourth-order valence-corrected chi connectivity index (χ4v) is 2.69. The first-order valence-corrected chi connectivity index (χ1v) is 6.76. The van der Waals surface area contributed by atoms with Gasteiger partial charge in [-0.15, -0.1) is 0 Å². The highest BCUT2D eigenvalue weighted by atomic mass is 19.4. The van der Waals surface area contributed by atoms with Gasteiger partial charge in [0.1, 0.15) is 11.4 Å². The van der Waals surface area contributed by atoms with E-state index in [1.54, 1.807) is 0 Å². The van der Waals surface area contributed by atoms with Gasteiger partial charge in [-0.2, -0.15) is 13.2 Å². The lowest BCUT2D eigenvalue weighted by Crippen LogP contribution is -2.42. The molecule has 1 heterocycles. The van der Waals surface area contributed by atoms with E-state index in [0.717, 1.165) is 0 Å². The van der Waals surface area contributed by atoms with Crippen LogP contribution < -0.4 is 15.4 Å². The summed E-state index contributed by atoms with van der Waals surface area (Å²) in [6.45, 7) is 0.204. The predicted molar refractivity (Wildman–Crippen MR) is 75.4 cm³/mol. The van der Waals surface area contributed by atoms with Crippen molar-refractivity contribution in [3.05, 3.63) is 17.7 Å². The topological polar surface area (TPSA) is 75.8 Å². The maximum atomic E-state index is 12.9. The summed E-state index contributed by atoms with van der Waals surface area (Å²) in [4.78, 5) is 12.5. The van der Waals surface area contributed by atoms with E-state index >= 15 is 0 Å². The minimum absolute atomic E-state index is 0.0671. The standard InChI is InChI=1S/C14H17F3N2O3/c1-22-11-6-8(13(20)21)5-10(18)12(11)19-4-2-3-9(7-19)14(15,16)17/h5-6,9H,2-4,7,18H2,1H3,(H,20,21). The van der Waals surface area contributed by atoms with Crippen LogP contribution in [0.25, 0.3) is 0 Å². The number of carboxylic acid groups (broad SMARTS) is 1. The molecule has 0 spiro atoms. The van der Waals surface area contributed by atoms with Crippen molar-refractivity contribution in [2.75, 3.05) is 30.8 Å². The minimum atomic E-state index is -4.26. The molecule has 0 radical (unpaired) electrons. The summed E-state index contributed by atoms with van der Waals surface area (Å²) in [5, 5.41) is 9.01. The van der Waals surface area contributed by atoms with Gasteiger partial charge >= 0.3 is 12.1 Å². The Hall–Kier alpha value is -2.12. The van der Waals surface area contributed by atoms with Crippen LogP contribution in [0.3, 0.4) is 0 Å². The van der Waals surface area contributed by atoms with Crippen LogP contribution in [0.1, 0.15) is 23.2 Å². The summed E-state index contributed by atoms with van der Waals surface area (Å²) in [5.41, 5.74) is 6.21. The molecule has 1 aliphatic heterocycles. The normalized spacial score (nSPS) is 19.1. The molecular weight excluding hydrogens is 301 g/mol. The van der Waals surface area contributed by atoms with E-state index in [1.807, 2.05) is 0 Å². The van der Waals surface area contributed by atoms with Crippen molar-refractivity contribution in [3.8, 4) is 5.75 Å². The van der Waals surface area contributed by atoms with Gasteiger partial charge in [0.05, 0.1) is 24.3 Å². The molecular formula is C14H17F3N2O3. The molecule has 2 rings (SSSR count). The molecule has 1 atom stereocenters. The monoisotopic (exact) mass is 318 g/mol. The van der Waals surface area contributed by atoms with Gasteiger partial charge in [-0.25, -0.2) is 4.79 Å². The number of carbonyl (C=O) groups is 1. The number of alkyl halides is 3. The molecule has 1 saturated heterocycles. The van der Waals surface area contributed by atoms with Gasteiger partial charge in [0, 0.05) is 13.1 Å². The van der Waals surface area contributed by atoms with Gasteiger partial charge in [-0.1, -0.05) is 0 Å². The third-order valence-electron chi connectivity index (χ3n) is 3.77. The molecule has 0 saturated carbocycles. The van der Waals surface area contributed by atoms with E-state index in [9.17, 15) is 18.0 Å². The van der Waals surface area contributed by atoms with Crippen molar-refractivity contribution >= 4 is 17.3 Å². The van der Waals surface area contributed by atoms with Crippen molar-refractivity contribution in [3.63, 3.8) is 0 Å². The first kappa shape index (κ1) is 16.3. The highest BCUT2D eigenvalue weighted by Crippen LogP contribution is 2.41. The molecule has 0 amide bonds. The number of rotatable bonds is 3. The first-order valence-electron chi connectivity index (χ1n) is 6.76. The van der Waals surface area contributed by atoms with E-state index in [-0.39, 0.29) is 30.0 Å². The highest BCUT2D eigenvalue weighted by molar-refractivity contribution is 5.92. The van der Waals surface area contributed by atoms with E-state index in [0.29, 0.717) is 18.7 Å². The Bertz CT molecular complexity index is 575. The summed E-state index contributed by atoms with van der Waals surface area (Å²) in [5.74, 6) is -2.44. The van der Waals surface area contributed by atoms with Crippen LogP contribution in [0.4, 0.5) is 24.5 Å². The van der Waals surface area contributed by atoms with Crippen LogP contribution in [0, 0.1) is 5.92 Å². The lowest BCUT2D eigenvalue weighted by Gasteiger charge is -2.36. The number of hydrogen-bond acceptors (Lipinski definition) is 4. The van der Waals surface area contributed by atoms with Crippen molar-refractivity contribution in [2.24, 2.45) is 5.92 Å². The Morgan fingerprint density at radius 1 is 1.45 bits per heavy atom. The maximum Gasteiger partial charge on any atom is 0.393 e. The first-order chi connectivity index (χ1) is 10.2. The molecule has 1 unspecified atom stereocenters. The number of nitrogens with zero attached hydrogens (tertiary/aromatic N) is 1. The number of benzene rings is 1. The van der Waals surface area contributed by atoms with E-state index < -0.39 is 18.1 Å². The van der Waals surface area contributed by atoms with Crippen LogP contribution >= 0.6 is 0 Å². The van der Waals surface area contributed by atoms with Crippen molar-refractivity contribution in [1.82, 2.24) is 0 Å². The number of piperidine rings is 1. The summed E-state index contributed by atoms with van der Waals surface area (Å²) >= 11 is 0. The van der Waals surface area contributed by atoms with Gasteiger partial charge in [0.15, 0.2) is 0 Å². The molecule has 1 aromatic carbocycles. The van der Waals surface area contributed by atoms with Crippen LogP contribution in [0.5, 0.6) is 5.75 Å². The minimum Gasteiger partial charge on any atom is -0.494 e. The third-order valence-corrected chi connectivity index (χ3v) is 3.77. The second-order valence-electron chi connectivity index (χ2n) is 5.25. The summed E-state index contributed by atoms with van der Waals surface area (Å²) in [7, 11) is 1.33. The second-order valence-corrected chi connectivity index (χ2v) is 5.25. The average Bonchev–Trinajstić information content (AvgIpc) is 2.45. The van der Waals surface area contributed by atoms with Gasteiger partial charge in [-0.05, 0) is 25.0 Å². The van der Waals surface area contributed by atoms with Gasteiger partial charge in [0.25, 0.3) is 0 Å². The molecule has 22 heavy (non-hydrogen) atoms. The number of ether oxygens (including phenoxy) is 1. The lowest BCUT2D eigenvalue weighted by atomic mass is 9.96. The van der Waals surface area contributed by atoms with Crippen molar-refractivity contribution in [2.45, 2.75) is 19.0 Å². The molecule has 1 fully saturated rings. The molecule has 122 valence electrons.